The SMILES string of the molecule is Fc1cc(-c2ccc(-c3ccccc3)cc2)cc(-c2ccnc(-n3c4ccccc4c4cc(-c5ccc6c(c5)c5ccccc5n6-c5ccccc5)ccc43)n2)c1. The van der Waals surface area contributed by atoms with E-state index in [1.54, 1.807) is 18.3 Å². The highest BCUT2D eigenvalue weighted by Crippen LogP contribution is 2.38. The Morgan fingerprint density at radius 3 is 1.51 bits per heavy atom. The van der Waals surface area contributed by atoms with Crippen molar-refractivity contribution in [1.29, 1.82) is 0 Å². The Morgan fingerprint density at radius 1 is 0.351 bits per heavy atom. The molecular formula is C52H33FN4. The molecule has 0 N–H and O–H groups in total. The van der Waals surface area contributed by atoms with Gasteiger partial charge in [-0.1, -0.05) is 121 Å². The van der Waals surface area contributed by atoms with Gasteiger partial charge >= 0.3 is 0 Å². The van der Waals surface area contributed by atoms with Crippen molar-refractivity contribution in [2.24, 2.45) is 0 Å². The predicted octanol–water partition coefficient (Wildman–Crippen LogP) is 13.5. The Labute approximate surface area is 328 Å². The van der Waals surface area contributed by atoms with Gasteiger partial charge in [0.05, 0.1) is 27.8 Å². The molecule has 0 spiro atoms. The Bertz CT molecular complexity index is 3290. The Hall–Kier alpha value is -7.63. The average molecular weight is 733 g/mol. The van der Waals surface area contributed by atoms with Crippen molar-refractivity contribution < 1.29 is 4.39 Å². The lowest BCUT2D eigenvalue weighted by Crippen LogP contribution is -2.02. The van der Waals surface area contributed by atoms with Crippen molar-refractivity contribution in [1.82, 2.24) is 19.1 Å². The molecule has 0 bridgehead atoms. The van der Waals surface area contributed by atoms with E-state index >= 15 is 4.39 Å². The quantitative estimate of drug-likeness (QED) is 0.171. The van der Waals surface area contributed by atoms with Gasteiger partial charge in [-0.25, -0.2) is 14.4 Å². The maximum absolute atomic E-state index is 15.3. The second-order valence-corrected chi connectivity index (χ2v) is 14.4. The third kappa shape index (κ3) is 5.59. The molecule has 4 nitrogen and oxygen atoms in total. The maximum atomic E-state index is 15.3. The summed E-state index contributed by atoms with van der Waals surface area (Å²) >= 11 is 0. The molecule has 0 saturated carbocycles. The fourth-order valence-electron chi connectivity index (χ4n) is 8.38. The third-order valence-corrected chi connectivity index (χ3v) is 11.1. The first-order valence-electron chi connectivity index (χ1n) is 19.1. The fraction of sp³-hybridized carbons (Fsp3) is 0. The van der Waals surface area contributed by atoms with Crippen LogP contribution < -0.4 is 0 Å². The van der Waals surface area contributed by atoms with Crippen molar-refractivity contribution in [2.75, 3.05) is 0 Å². The van der Waals surface area contributed by atoms with Gasteiger partial charge in [-0.3, -0.25) is 4.57 Å². The van der Waals surface area contributed by atoms with E-state index in [2.05, 4.69) is 143 Å². The topological polar surface area (TPSA) is 35.6 Å². The van der Waals surface area contributed by atoms with Gasteiger partial charge in [0.25, 0.3) is 0 Å². The molecule has 3 aromatic heterocycles. The molecule has 0 atom stereocenters. The zero-order valence-electron chi connectivity index (χ0n) is 30.7. The van der Waals surface area contributed by atoms with E-state index in [-0.39, 0.29) is 5.82 Å². The highest BCUT2D eigenvalue weighted by Gasteiger charge is 2.18. The smallest absolute Gasteiger partial charge is 0.235 e. The number of para-hydroxylation sites is 3. The molecule has 0 aliphatic rings. The molecule has 8 aromatic carbocycles. The second-order valence-electron chi connectivity index (χ2n) is 14.4. The summed E-state index contributed by atoms with van der Waals surface area (Å²) in [5.41, 5.74) is 13.1. The van der Waals surface area contributed by atoms with Crippen molar-refractivity contribution in [3.63, 3.8) is 0 Å². The van der Waals surface area contributed by atoms with Crippen LogP contribution in [0.5, 0.6) is 0 Å². The number of benzene rings is 8. The molecule has 0 radical (unpaired) electrons. The van der Waals surface area contributed by atoms with Crippen LogP contribution >= 0.6 is 0 Å². The molecule has 5 heteroatoms. The van der Waals surface area contributed by atoms with Gasteiger partial charge in [0, 0.05) is 39.0 Å². The molecule has 57 heavy (non-hydrogen) atoms. The molecule has 0 aliphatic heterocycles. The van der Waals surface area contributed by atoms with Crippen LogP contribution in [-0.2, 0) is 0 Å². The van der Waals surface area contributed by atoms with Crippen LogP contribution in [-0.4, -0.2) is 19.1 Å². The standard InChI is InChI=1S/C52H33FN4/c53-41-30-39(36-21-19-35(20-22-36)34-11-3-1-4-12-34)29-40(31-41)47-27-28-54-52(55-47)57-49-18-10-8-16-44(49)46-33-38(24-26-51(46)57)37-23-25-50-45(32-37)43-15-7-9-17-48(43)56(50)42-13-5-2-6-14-42/h1-33H. The first-order chi connectivity index (χ1) is 28.2. The van der Waals surface area contributed by atoms with Gasteiger partial charge in [0.15, 0.2) is 0 Å². The number of nitrogens with zero attached hydrogens (tertiary/aromatic N) is 4. The molecule has 0 unspecified atom stereocenters. The molecule has 0 amide bonds. The lowest BCUT2D eigenvalue weighted by Gasteiger charge is -2.10. The van der Waals surface area contributed by atoms with Crippen molar-refractivity contribution in [3.8, 4) is 56.3 Å². The normalized spacial score (nSPS) is 11.6. The number of hydrogen-bond acceptors (Lipinski definition) is 2. The van der Waals surface area contributed by atoms with Crippen molar-refractivity contribution >= 4 is 43.6 Å². The lowest BCUT2D eigenvalue weighted by atomic mass is 9.98. The van der Waals surface area contributed by atoms with E-state index < -0.39 is 0 Å². The van der Waals surface area contributed by atoms with E-state index in [9.17, 15) is 0 Å². The van der Waals surface area contributed by atoms with Crippen LogP contribution in [0.4, 0.5) is 4.39 Å². The molecular weight excluding hydrogens is 700 g/mol. The molecule has 11 rings (SSSR count). The van der Waals surface area contributed by atoms with E-state index in [0.29, 0.717) is 17.2 Å². The van der Waals surface area contributed by atoms with Crippen LogP contribution in [0.3, 0.4) is 0 Å². The molecule has 0 aliphatic carbocycles. The average Bonchev–Trinajstić information content (AvgIpc) is 3.79. The summed E-state index contributed by atoms with van der Waals surface area (Å²) in [6.07, 6.45) is 1.76. The summed E-state index contributed by atoms with van der Waals surface area (Å²) in [4.78, 5) is 9.85. The zero-order chi connectivity index (χ0) is 37.9. The predicted molar refractivity (Wildman–Crippen MR) is 232 cm³/mol. The summed E-state index contributed by atoms with van der Waals surface area (Å²) in [6, 6.07) is 66.4. The summed E-state index contributed by atoms with van der Waals surface area (Å²) in [7, 11) is 0. The van der Waals surface area contributed by atoms with Gasteiger partial charge in [-0.2, -0.15) is 0 Å². The van der Waals surface area contributed by atoms with Gasteiger partial charge in [0.1, 0.15) is 5.82 Å². The largest absolute Gasteiger partial charge is 0.309 e. The minimum atomic E-state index is -0.318. The van der Waals surface area contributed by atoms with Gasteiger partial charge in [-0.15, -0.1) is 0 Å². The van der Waals surface area contributed by atoms with Crippen LogP contribution in [0.1, 0.15) is 0 Å². The van der Waals surface area contributed by atoms with E-state index in [4.69, 9.17) is 9.97 Å². The zero-order valence-corrected chi connectivity index (χ0v) is 30.7. The fourth-order valence-corrected chi connectivity index (χ4v) is 8.38. The molecule has 268 valence electrons. The summed E-state index contributed by atoms with van der Waals surface area (Å²) < 4.78 is 19.8. The Kier molecular flexibility index (Phi) is 7.64. The number of halogens is 1. The van der Waals surface area contributed by atoms with Crippen LogP contribution in [0, 0.1) is 5.82 Å². The van der Waals surface area contributed by atoms with Crippen molar-refractivity contribution in [3.05, 3.63) is 206 Å². The highest BCUT2D eigenvalue weighted by molar-refractivity contribution is 6.12. The van der Waals surface area contributed by atoms with Gasteiger partial charge in [0.2, 0.25) is 5.95 Å². The van der Waals surface area contributed by atoms with E-state index in [1.807, 2.05) is 48.5 Å². The van der Waals surface area contributed by atoms with E-state index in [1.165, 1.54) is 21.8 Å². The van der Waals surface area contributed by atoms with Crippen LogP contribution in [0.15, 0.2) is 200 Å². The first kappa shape index (κ1) is 32.8. The van der Waals surface area contributed by atoms with Crippen LogP contribution in [0.2, 0.25) is 0 Å². The summed E-state index contributed by atoms with van der Waals surface area (Å²) in [5, 5.41) is 4.65. The minimum Gasteiger partial charge on any atom is -0.309 e. The molecule has 0 fully saturated rings. The molecule has 3 heterocycles. The number of rotatable bonds is 6. The van der Waals surface area contributed by atoms with E-state index in [0.717, 1.165) is 60.9 Å². The van der Waals surface area contributed by atoms with Crippen LogP contribution in [0.25, 0.3) is 99.9 Å². The second kappa shape index (κ2) is 13.3. The highest BCUT2D eigenvalue weighted by atomic mass is 19.1. The number of aromatic nitrogens is 4. The molecule has 0 saturated heterocycles. The minimum absolute atomic E-state index is 0.318. The summed E-state index contributed by atoms with van der Waals surface area (Å²) in [5.74, 6) is 0.210. The number of hydrogen-bond donors (Lipinski definition) is 0. The maximum Gasteiger partial charge on any atom is 0.235 e. The third-order valence-electron chi connectivity index (χ3n) is 11.1. The monoisotopic (exact) mass is 732 g/mol. The van der Waals surface area contributed by atoms with Gasteiger partial charge < -0.3 is 4.57 Å². The Balaban J connectivity index is 0.992. The number of fused-ring (bicyclic) bond motifs is 6. The van der Waals surface area contributed by atoms with Crippen molar-refractivity contribution in [2.45, 2.75) is 0 Å². The summed E-state index contributed by atoms with van der Waals surface area (Å²) in [6.45, 7) is 0. The lowest BCUT2D eigenvalue weighted by molar-refractivity contribution is 0.628. The molecule has 11 aromatic rings. The first-order valence-corrected chi connectivity index (χ1v) is 19.1. The Morgan fingerprint density at radius 2 is 0.842 bits per heavy atom. The van der Waals surface area contributed by atoms with Gasteiger partial charge in [-0.05, 0) is 106 Å².